The Morgan fingerprint density at radius 3 is 2.59 bits per heavy atom. The minimum atomic E-state index is -0.980. The van der Waals surface area contributed by atoms with E-state index in [1.165, 1.54) is 6.92 Å². The Morgan fingerprint density at radius 2 is 1.81 bits per heavy atom. The first-order valence-electron chi connectivity index (χ1n) is 8.56. The number of rotatable bonds is 6. The van der Waals surface area contributed by atoms with Gasteiger partial charge in [-0.05, 0) is 50.6 Å². The molecule has 0 saturated heterocycles. The predicted octanol–water partition coefficient (Wildman–Crippen LogP) is 3.06. The molecule has 1 heterocycles. The van der Waals surface area contributed by atoms with Crippen molar-refractivity contribution in [3.63, 3.8) is 0 Å². The summed E-state index contributed by atoms with van der Waals surface area (Å²) in [5.41, 5.74) is 1.54. The monoisotopic (exact) mass is 371 g/mol. The molecule has 0 aliphatic carbocycles. The molecule has 7 nitrogen and oxygen atoms in total. The molecule has 0 radical (unpaired) electrons. The number of benzene rings is 2. The van der Waals surface area contributed by atoms with Gasteiger partial charge in [0.25, 0.3) is 5.91 Å². The number of nitrogens with one attached hydrogen (secondary N) is 1. The van der Waals surface area contributed by atoms with Crippen molar-refractivity contribution >= 4 is 17.6 Å². The van der Waals surface area contributed by atoms with E-state index in [4.69, 9.17) is 18.9 Å². The summed E-state index contributed by atoms with van der Waals surface area (Å²) in [7, 11) is 0. The fourth-order valence-corrected chi connectivity index (χ4v) is 2.48. The van der Waals surface area contributed by atoms with Crippen molar-refractivity contribution in [1.29, 1.82) is 0 Å². The van der Waals surface area contributed by atoms with Crippen LogP contribution in [0, 0.1) is 6.92 Å². The van der Waals surface area contributed by atoms with E-state index >= 15 is 0 Å². The summed E-state index contributed by atoms with van der Waals surface area (Å²) in [5, 5.41) is 2.68. The van der Waals surface area contributed by atoms with E-state index in [2.05, 4.69) is 5.32 Å². The number of fused-ring (bicyclic) bond motifs is 1. The van der Waals surface area contributed by atoms with E-state index in [0.29, 0.717) is 22.9 Å². The van der Waals surface area contributed by atoms with Crippen LogP contribution in [0.4, 0.5) is 5.69 Å². The molecular formula is C20H21NO6. The number of esters is 1. The minimum Gasteiger partial charge on any atom is -0.479 e. The van der Waals surface area contributed by atoms with Gasteiger partial charge in [-0.1, -0.05) is 12.1 Å². The Morgan fingerprint density at radius 1 is 1.04 bits per heavy atom. The molecule has 0 bridgehead atoms. The highest BCUT2D eigenvalue weighted by Crippen LogP contribution is 2.34. The number of hydrogen-bond acceptors (Lipinski definition) is 6. The van der Waals surface area contributed by atoms with Gasteiger partial charge >= 0.3 is 5.97 Å². The zero-order valence-electron chi connectivity index (χ0n) is 15.4. The average molecular weight is 371 g/mol. The van der Waals surface area contributed by atoms with Gasteiger partial charge in [0, 0.05) is 11.8 Å². The lowest BCUT2D eigenvalue weighted by atomic mass is 10.2. The van der Waals surface area contributed by atoms with E-state index in [-0.39, 0.29) is 6.79 Å². The van der Waals surface area contributed by atoms with Crippen LogP contribution in [0.1, 0.15) is 19.4 Å². The molecule has 7 heteroatoms. The van der Waals surface area contributed by atoms with E-state index in [0.717, 1.165) is 5.56 Å². The quantitative estimate of drug-likeness (QED) is 0.786. The van der Waals surface area contributed by atoms with E-state index in [1.807, 2.05) is 25.1 Å². The molecule has 1 amide bonds. The van der Waals surface area contributed by atoms with Crippen molar-refractivity contribution < 1.29 is 28.5 Å². The maximum atomic E-state index is 12.3. The second-order valence-corrected chi connectivity index (χ2v) is 6.21. The highest BCUT2D eigenvalue weighted by molar-refractivity contribution is 5.95. The summed E-state index contributed by atoms with van der Waals surface area (Å²) in [6.07, 6.45) is -1.82. The summed E-state index contributed by atoms with van der Waals surface area (Å²) < 4.78 is 21.3. The number of hydrogen-bond donors (Lipinski definition) is 1. The predicted molar refractivity (Wildman–Crippen MR) is 98.0 cm³/mol. The van der Waals surface area contributed by atoms with Gasteiger partial charge in [-0.2, -0.15) is 0 Å². The number of carbonyl (C=O) groups is 2. The fourth-order valence-electron chi connectivity index (χ4n) is 2.48. The van der Waals surface area contributed by atoms with Crippen molar-refractivity contribution in [2.24, 2.45) is 0 Å². The highest BCUT2D eigenvalue weighted by atomic mass is 16.7. The van der Waals surface area contributed by atoms with Crippen LogP contribution in [0.15, 0.2) is 42.5 Å². The first kappa shape index (κ1) is 18.6. The van der Waals surface area contributed by atoms with Gasteiger partial charge in [0.15, 0.2) is 23.7 Å². The van der Waals surface area contributed by atoms with Gasteiger partial charge in [-0.25, -0.2) is 4.79 Å². The lowest BCUT2D eigenvalue weighted by Crippen LogP contribution is -2.35. The van der Waals surface area contributed by atoms with Crippen LogP contribution in [0.5, 0.6) is 17.2 Å². The Bertz CT molecular complexity index is 850. The Hall–Kier alpha value is -3.22. The third-order valence-electron chi connectivity index (χ3n) is 3.94. The number of amides is 1. The summed E-state index contributed by atoms with van der Waals surface area (Å²) in [6.45, 7) is 5.16. The van der Waals surface area contributed by atoms with E-state index in [1.54, 1.807) is 31.2 Å². The van der Waals surface area contributed by atoms with Crippen molar-refractivity contribution in [2.45, 2.75) is 33.0 Å². The van der Waals surface area contributed by atoms with Gasteiger partial charge in [0.1, 0.15) is 5.75 Å². The minimum absolute atomic E-state index is 0.152. The maximum Gasteiger partial charge on any atom is 0.347 e. The molecular weight excluding hydrogens is 350 g/mol. The maximum absolute atomic E-state index is 12.3. The molecule has 2 atom stereocenters. The van der Waals surface area contributed by atoms with Crippen molar-refractivity contribution in [3.05, 3.63) is 48.0 Å². The topological polar surface area (TPSA) is 83.1 Å². The summed E-state index contributed by atoms with van der Waals surface area (Å²) in [5.74, 6) is 0.666. The largest absolute Gasteiger partial charge is 0.479 e. The standard InChI is InChI=1S/C20H21NO6/c1-12-5-4-6-16(9-12)26-14(3)20(23)27-13(2)19(22)21-15-7-8-17-18(10-15)25-11-24-17/h4-10,13-14H,11H2,1-3H3,(H,21,22)/t13-,14+/m1/s1. The molecule has 0 aromatic heterocycles. The van der Waals surface area contributed by atoms with Crippen LogP contribution in [-0.2, 0) is 14.3 Å². The lowest BCUT2D eigenvalue weighted by Gasteiger charge is -2.18. The number of anilines is 1. The van der Waals surface area contributed by atoms with Crippen molar-refractivity contribution in [3.8, 4) is 17.2 Å². The number of ether oxygens (including phenoxy) is 4. The SMILES string of the molecule is Cc1cccc(O[C@@H](C)C(=O)O[C@H](C)C(=O)Nc2ccc3c(c2)OCO3)c1. The van der Waals surface area contributed by atoms with Crippen LogP contribution >= 0.6 is 0 Å². The third-order valence-corrected chi connectivity index (χ3v) is 3.94. The molecule has 1 aliphatic rings. The van der Waals surface area contributed by atoms with Crippen LogP contribution < -0.4 is 19.5 Å². The normalized spacial score (nSPS) is 14.2. The second kappa shape index (κ2) is 7.99. The molecule has 142 valence electrons. The van der Waals surface area contributed by atoms with Gasteiger partial charge in [-0.15, -0.1) is 0 Å². The molecule has 0 spiro atoms. The van der Waals surface area contributed by atoms with Crippen molar-refractivity contribution in [2.75, 3.05) is 12.1 Å². The average Bonchev–Trinajstić information content (AvgIpc) is 3.09. The van der Waals surface area contributed by atoms with Gasteiger partial charge < -0.3 is 24.3 Å². The van der Waals surface area contributed by atoms with E-state index < -0.39 is 24.1 Å². The van der Waals surface area contributed by atoms with Crippen molar-refractivity contribution in [1.82, 2.24) is 0 Å². The Kier molecular flexibility index (Phi) is 5.49. The molecule has 0 fully saturated rings. The van der Waals surface area contributed by atoms with Gasteiger partial charge in [-0.3, -0.25) is 4.79 Å². The molecule has 27 heavy (non-hydrogen) atoms. The lowest BCUT2D eigenvalue weighted by molar-refractivity contribution is -0.159. The molecule has 2 aromatic rings. The summed E-state index contributed by atoms with van der Waals surface area (Å²) in [6, 6.07) is 12.4. The molecule has 0 unspecified atom stereocenters. The summed E-state index contributed by atoms with van der Waals surface area (Å²) >= 11 is 0. The zero-order chi connectivity index (χ0) is 19.4. The first-order valence-corrected chi connectivity index (χ1v) is 8.56. The van der Waals surface area contributed by atoms with Crippen LogP contribution in [-0.4, -0.2) is 30.9 Å². The fraction of sp³-hybridized carbons (Fsp3) is 0.300. The van der Waals surface area contributed by atoms with Crippen LogP contribution in [0.2, 0.25) is 0 Å². The van der Waals surface area contributed by atoms with Gasteiger partial charge in [0.05, 0.1) is 0 Å². The first-order chi connectivity index (χ1) is 12.9. The smallest absolute Gasteiger partial charge is 0.347 e. The Labute approximate surface area is 157 Å². The molecule has 2 aromatic carbocycles. The number of carbonyl (C=O) groups excluding carboxylic acids is 2. The zero-order valence-corrected chi connectivity index (χ0v) is 15.4. The summed E-state index contributed by atoms with van der Waals surface area (Å²) in [4.78, 5) is 24.5. The molecule has 3 rings (SSSR count). The van der Waals surface area contributed by atoms with Gasteiger partial charge in [0.2, 0.25) is 6.79 Å². The molecule has 0 saturated carbocycles. The third kappa shape index (κ3) is 4.69. The van der Waals surface area contributed by atoms with Crippen LogP contribution in [0.3, 0.4) is 0 Å². The molecule has 1 aliphatic heterocycles. The second-order valence-electron chi connectivity index (χ2n) is 6.21. The molecule has 1 N–H and O–H groups in total. The van der Waals surface area contributed by atoms with Crippen LogP contribution in [0.25, 0.3) is 0 Å². The van der Waals surface area contributed by atoms with E-state index in [9.17, 15) is 9.59 Å². The highest BCUT2D eigenvalue weighted by Gasteiger charge is 2.24. The number of aryl methyl sites for hydroxylation is 1. The Balaban J connectivity index is 1.53.